The second-order valence-corrected chi connectivity index (χ2v) is 6.22. The maximum Gasteiger partial charge on any atom is 0.255 e. The summed E-state index contributed by atoms with van der Waals surface area (Å²) in [6.45, 7) is 5.41. The Labute approximate surface area is 135 Å². The molecule has 1 N–H and O–H groups in total. The first-order chi connectivity index (χ1) is 11.0. The van der Waals surface area contributed by atoms with Crippen molar-refractivity contribution < 1.29 is 14.3 Å². The van der Waals surface area contributed by atoms with E-state index >= 15 is 0 Å². The fourth-order valence-corrected chi connectivity index (χ4v) is 2.71. The summed E-state index contributed by atoms with van der Waals surface area (Å²) in [6.07, 6.45) is 0.793. The first kappa shape index (κ1) is 15.4. The SMILES string of the molecule is Cc1c(C=O)cccc1NC(=O)c1ccc(C2(C)COC2)cc1. The van der Waals surface area contributed by atoms with Gasteiger partial charge in [0.15, 0.2) is 0 Å². The Morgan fingerprint density at radius 2 is 1.87 bits per heavy atom. The number of ether oxygens (including phenoxy) is 1. The number of amides is 1. The molecule has 2 aromatic carbocycles. The summed E-state index contributed by atoms with van der Waals surface area (Å²) in [4.78, 5) is 23.4. The van der Waals surface area contributed by atoms with Crippen molar-refractivity contribution >= 4 is 17.9 Å². The average molecular weight is 309 g/mol. The van der Waals surface area contributed by atoms with Crippen molar-refractivity contribution in [3.05, 3.63) is 64.7 Å². The summed E-state index contributed by atoms with van der Waals surface area (Å²) in [7, 11) is 0. The van der Waals surface area contributed by atoms with Gasteiger partial charge in [-0.25, -0.2) is 0 Å². The van der Waals surface area contributed by atoms with Crippen molar-refractivity contribution in [2.75, 3.05) is 18.5 Å². The molecule has 3 rings (SSSR count). The second-order valence-electron chi connectivity index (χ2n) is 6.22. The molecule has 4 heteroatoms. The summed E-state index contributed by atoms with van der Waals surface area (Å²) in [5.74, 6) is -0.183. The Morgan fingerprint density at radius 1 is 1.17 bits per heavy atom. The maximum absolute atomic E-state index is 12.4. The number of hydrogen-bond donors (Lipinski definition) is 1. The molecule has 0 aromatic heterocycles. The van der Waals surface area contributed by atoms with E-state index in [2.05, 4.69) is 12.2 Å². The van der Waals surface area contributed by atoms with Crippen molar-refractivity contribution in [2.24, 2.45) is 0 Å². The van der Waals surface area contributed by atoms with Crippen LogP contribution in [0.2, 0.25) is 0 Å². The minimum Gasteiger partial charge on any atom is -0.379 e. The molecule has 0 spiro atoms. The number of anilines is 1. The highest BCUT2D eigenvalue weighted by Crippen LogP contribution is 2.31. The first-order valence-corrected chi connectivity index (χ1v) is 7.58. The van der Waals surface area contributed by atoms with E-state index in [0.29, 0.717) is 16.8 Å². The summed E-state index contributed by atoms with van der Waals surface area (Å²) in [5.41, 5.74) is 3.84. The molecule has 4 nitrogen and oxygen atoms in total. The lowest BCUT2D eigenvalue weighted by molar-refractivity contribution is -0.0500. The third-order valence-electron chi connectivity index (χ3n) is 4.44. The van der Waals surface area contributed by atoms with Gasteiger partial charge in [-0.1, -0.05) is 31.2 Å². The molecule has 0 saturated carbocycles. The lowest BCUT2D eigenvalue weighted by atomic mass is 9.80. The summed E-state index contributed by atoms with van der Waals surface area (Å²) in [5, 5.41) is 2.86. The molecule has 2 aromatic rings. The van der Waals surface area contributed by atoms with Crippen molar-refractivity contribution in [1.82, 2.24) is 0 Å². The third-order valence-corrected chi connectivity index (χ3v) is 4.44. The first-order valence-electron chi connectivity index (χ1n) is 7.58. The molecule has 1 aliphatic rings. The number of benzene rings is 2. The van der Waals surface area contributed by atoms with Crippen molar-refractivity contribution in [2.45, 2.75) is 19.3 Å². The highest BCUT2D eigenvalue weighted by molar-refractivity contribution is 6.05. The van der Waals surface area contributed by atoms with Crippen LogP contribution in [0.15, 0.2) is 42.5 Å². The van der Waals surface area contributed by atoms with Gasteiger partial charge in [-0.15, -0.1) is 0 Å². The van der Waals surface area contributed by atoms with Crippen LogP contribution in [0.5, 0.6) is 0 Å². The Kier molecular flexibility index (Phi) is 4.01. The van der Waals surface area contributed by atoms with E-state index in [1.165, 1.54) is 5.56 Å². The fourth-order valence-electron chi connectivity index (χ4n) is 2.71. The zero-order chi connectivity index (χ0) is 16.4. The highest BCUT2D eigenvalue weighted by atomic mass is 16.5. The van der Waals surface area contributed by atoms with Gasteiger partial charge in [0.05, 0.1) is 13.2 Å². The van der Waals surface area contributed by atoms with E-state index in [0.717, 1.165) is 25.1 Å². The number of aldehydes is 1. The van der Waals surface area contributed by atoms with E-state index in [1.807, 2.05) is 31.2 Å². The molecule has 0 atom stereocenters. The number of nitrogens with one attached hydrogen (secondary N) is 1. The number of hydrogen-bond acceptors (Lipinski definition) is 3. The summed E-state index contributed by atoms with van der Waals surface area (Å²) < 4.78 is 5.28. The number of carbonyl (C=O) groups is 2. The molecular formula is C19H19NO3. The molecular weight excluding hydrogens is 290 g/mol. The van der Waals surface area contributed by atoms with Gasteiger partial charge in [-0.3, -0.25) is 9.59 Å². The molecule has 1 aliphatic heterocycles. The van der Waals surface area contributed by atoms with E-state index in [9.17, 15) is 9.59 Å². The van der Waals surface area contributed by atoms with Gasteiger partial charge in [0.2, 0.25) is 0 Å². The van der Waals surface area contributed by atoms with Gasteiger partial charge in [0.25, 0.3) is 5.91 Å². The van der Waals surface area contributed by atoms with Gasteiger partial charge in [0, 0.05) is 22.2 Å². The van der Waals surface area contributed by atoms with Crippen LogP contribution in [0.1, 0.15) is 38.8 Å². The fraction of sp³-hybridized carbons (Fsp3) is 0.263. The lowest BCUT2D eigenvalue weighted by Gasteiger charge is -2.38. The summed E-state index contributed by atoms with van der Waals surface area (Å²) >= 11 is 0. The molecule has 0 aliphatic carbocycles. The molecule has 1 saturated heterocycles. The van der Waals surface area contributed by atoms with Gasteiger partial charge in [-0.05, 0) is 36.2 Å². The van der Waals surface area contributed by atoms with Gasteiger partial charge in [0.1, 0.15) is 6.29 Å². The van der Waals surface area contributed by atoms with E-state index in [1.54, 1.807) is 18.2 Å². The van der Waals surface area contributed by atoms with Crippen LogP contribution in [0.25, 0.3) is 0 Å². The van der Waals surface area contributed by atoms with Gasteiger partial charge >= 0.3 is 0 Å². The minimum atomic E-state index is -0.183. The summed E-state index contributed by atoms with van der Waals surface area (Å²) in [6, 6.07) is 12.9. The molecule has 118 valence electrons. The maximum atomic E-state index is 12.4. The Balaban J connectivity index is 1.77. The van der Waals surface area contributed by atoms with E-state index < -0.39 is 0 Å². The number of carbonyl (C=O) groups excluding carboxylic acids is 2. The van der Waals surface area contributed by atoms with Crippen LogP contribution < -0.4 is 5.32 Å². The second kappa shape index (κ2) is 5.97. The van der Waals surface area contributed by atoms with Gasteiger partial charge in [-0.2, -0.15) is 0 Å². The normalized spacial score (nSPS) is 15.6. The standard InChI is InChI=1S/C19H19NO3/c1-13-15(10-21)4-3-5-17(13)20-18(22)14-6-8-16(9-7-14)19(2)11-23-12-19/h3-10H,11-12H2,1-2H3,(H,20,22). The van der Waals surface area contributed by atoms with Crippen LogP contribution in [-0.4, -0.2) is 25.4 Å². The van der Waals surface area contributed by atoms with Crippen LogP contribution in [0, 0.1) is 6.92 Å². The molecule has 1 heterocycles. The van der Waals surface area contributed by atoms with Crippen LogP contribution in [0.3, 0.4) is 0 Å². The van der Waals surface area contributed by atoms with Crippen LogP contribution >= 0.6 is 0 Å². The number of rotatable bonds is 4. The van der Waals surface area contributed by atoms with Crippen molar-refractivity contribution in [3.63, 3.8) is 0 Å². The zero-order valence-electron chi connectivity index (χ0n) is 13.3. The molecule has 1 fully saturated rings. The van der Waals surface area contributed by atoms with E-state index in [-0.39, 0.29) is 11.3 Å². The molecule has 1 amide bonds. The van der Waals surface area contributed by atoms with Crippen molar-refractivity contribution in [3.8, 4) is 0 Å². The zero-order valence-corrected chi connectivity index (χ0v) is 13.3. The predicted octanol–water partition coefficient (Wildman–Crippen LogP) is 3.35. The minimum absolute atomic E-state index is 0.0594. The van der Waals surface area contributed by atoms with Gasteiger partial charge < -0.3 is 10.1 Å². The van der Waals surface area contributed by atoms with Crippen LogP contribution in [0.4, 0.5) is 5.69 Å². The quantitative estimate of drug-likeness (QED) is 0.881. The molecule has 0 unspecified atom stereocenters. The van der Waals surface area contributed by atoms with Crippen LogP contribution in [-0.2, 0) is 10.2 Å². The smallest absolute Gasteiger partial charge is 0.255 e. The predicted molar refractivity (Wildman–Crippen MR) is 89.1 cm³/mol. The lowest BCUT2D eigenvalue weighted by Crippen LogP contribution is -2.43. The molecule has 0 bridgehead atoms. The topological polar surface area (TPSA) is 55.4 Å². The van der Waals surface area contributed by atoms with E-state index in [4.69, 9.17) is 4.74 Å². The largest absolute Gasteiger partial charge is 0.379 e. The molecule has 23 heavy (non-hydrogen) atoms. The van der Waals surface area contributed by atoms with Crippen molar-refractivity contribution in [1.29, 1.82) is 0 Å². The Morgan fingerprint density at radius 3 is 2.43 bits per heavy atom. The highest BCUT2D eigenvalue weighted by Gasteiger charge is 2.35. The molecule has 0 radical (unpaired) electrons. The third kappa shape index (κ3) is 2.90. The average Bonchev–Trinajstić information content (AvgIpc) is 2.54. The monoisotopic (exact) mass is 309 g/mol. The Bertz CT molecular complexity index is 746. The Hall–Kier alpha value is -2.46.